The number of phenolic OH excluding ortho intramolecular Hbond substituents is 1. The SMILES string of the molecule is COc1cc(CCC(C)NCc2ccc(F)c(Cl)c2)ccc1O. The molecule has 0 bridgehead atoms. The van der Waals surface area contributed by atoms with Gasteiger partial charge in [0.1, 0.15) is 5.82 Å². The molecule has 0 saturated heterocycles. The van der Waals surface area contributed by atoms with Gasteiger partial charge in [-0.3, -0.25) is 0 Å². The van der Waals surface area contributed by atoms with Crippen LogP contribution in [0.2, 0.25) is 5.02 Å². The van der Waals surface area contributed by atoms with Gasteiger partial charge in [0, 0.05) is 12.6 Å². The summed E-state index contributed by atoms with van der Waals surface area (Å²) >= 11 is 5.78. The number of hydrogen-bond acceptors (Lipinski definition) is 3. The second-order valence-corrected chi connectivity index (χ2v) is 5.98. The molecule has 0 spiro atoms. The summed E-state index contributed by atoms with van der Waals surface area (Å²) in [5.74, 6) is 0.240. The Morgan fingerprint density at radius 1 is 1.22 bits per heavy atom. The molecule has 5 heteroatoms. The van der Waals surface area contributed by atoms with Crippen molar-refractivity contribution in [2.24, 2.45) is 0 Å². The minimum absolute atomic E-state index is 0.146. The van der Waals surface area contributed by atoms with Crippen LogP contribution in [0.5, 0.6) is 11.5 Å². The van der Waals surface area contributed by atoms with Gasteiger partial charge in [0.25, 0.3) is 0 Å². The largest absolute Gasteiger partial charge is 0.504 e. The number of benzene rings is 2. The maximum absolute atomic E-state index is 13.1. The summed E-state index contributed by atoms with van der Waals surface area (Å²) in [5.41, 5.74) is 2.06. The summed E-state index contributed by atoms with van der Waals surface area (Å²) < 4.78 is 18.2. The number of nitrogens with one attached hydrogen (secondary N) is 1. The maximum atomic E-state index is 13.1. The first-order chi connectivity index (χ1) is 11.0. The van der Waals surface area contributed by atoms with Crippen LogP contribution in [0.1, 0.15) is 24.5 Å². The zero-order valence-corrected chi connectivity index (χ0v) is 14.0. The topological polar surface area (TPSA) is 41.5 Å². The minimum atomic E-state index is -0.398. The highest BCUT2D eigenvalue weighted by Gasteiger charge is 2.07. The molecule has 0 heterocycles. The summed E-state index contributed by atoms with van der Waals surface area (Å²) in [6, 6.07) is 10.4. The van der Waals surface area contributed by atoms with E-state index in [0.717, 1.165) is 24.0 Å². The molecule has 0 amide bonds. The monoisotopic (exact) mass is 337 g/mol. The summed E-state index contributed by atoms with van der Waals surface area (Å²) in [4.78, 5) is 0. The van der Waals surface area contributed by atoms with Crippen molar-refractivity contribution in [3.05, 3.63) is 58.4 Å². The van der Waals surface area contributed by atoms with Gasteiger partial charge < -0.3 is 15.2 Å². The van der Waals surface area contributed by atoms with Crippen LogP contribution < -0.4 is 10.1 Å². The number of halogens is 2. The Morgan fingerprint density at radius 3 is 2.65 bits per heavy atom. The Labute approximate surface area is 141 Å². The standard InChI is InChI=1S/C18H21ClFNO2/c1-12(21-11-14-5-7-16(20)15(19)9-14)3-4-13-6-8-17(22)18(10-13)23-2/h5-10,12,21-22H,3-4,11H2,1-2H3. The highest BCUT2D eigenvalue weighted by Crippen LogP contribution is 2.26. The summed E-state index contributed by atoms with van der Waals surface area (Å²) in [7, 11) is 1.54. The molecule has 23 heavy (non-hydrogen) atoms. The molecule has 1 unspecified atom stereocenters. The van der Waals surface area contributed by atoms with Crippen LogP contribution in [-0.4, -0.2) is 18.3 Å². The summed E-state index contributed by atoms with van der Waals surface area (Å²) in [5, 5.41) is 13.1. The molecule has 3 nitrogen and oxygen atoms in total. The summed E-state index contributed by atoms with van der Waals surface area (Å²) in [6.45, 7) is 2.74. The first-order valence-corrected chi connectivity index (χ1v) is 7.90. The number of hydrogen-bond donors (Lipinski definition) is 2. The fourth-order valence-corrected chi connectivity index (χ4v) is 2.51. The number of aromatic hydroxyl groups is 1. The van der Waals surface area contributed by atoms with Gasteiger partial charge >= 0.3 is 0 Å². The second-order valence-electron chi connectivity index (χ2n) is 5.58. The number of rotatable bonds is 7. The molecule has 0 aliphatic heterocycles. The zero-order chi connectivity index (χ0) is 16.8. The van der Waals surface area contributed by atoms with Gasteiger partial charge in [0.2, 0.25) is 0 Å². The highest BCUT2D eigenvalue weighted by molar-refractivity contribution is 6.30. The van der Waals surface area contributed by atoms with Crippen LogP contribution in [0.25, 0.3) is 0 Å². The molecule has 0 fully saturated rings. The predicted molar refractivity (Wildman–Crippen MR) is 90.7 cm³/mol. The van der Waals surface area contributed by atoms with Crippen LogP contribution in [0, 0.1) is 5.82 Å². The lowest BCUT2D eigenvalue weighted by Crippen LogP contribution is -2.26. The van der Waals surface area contributed by atoms with E-state index in [1.165, 1.54) is 13.2 Å². The van der Waals surface area contributed by atoms with E-state index in [-0.39, 0.29) is 10.8 Å². The molecule has 0 radical (unpaired) electrons. The van der Waals surface area contributed by atoms with E-state index in [2.05, 4.69) is 12.2 Å². The molecule has 0 aliphatic carbocycles. The van der Waals surface area contributed by atoms with Crippen molar-refractivity contribution in [2.45, 2.75) is 32.4 Å². The molecular formula is C18H21ClFNO2. The molecule has 2 rings (SSSR count). The summed E-state index contributed by atoms with van der Waals surface area (Å²) in [6.07, 6.45) is 1.80. The van der Waals surface area contributed by atoms with Crippen LogP contribution >= 0.6 is 11.6 Å². The Hall–Kier alpha value is -1.78. The normalized spacial score (nSPS) is 12.2. The Bertz CT molecular complexity index is 663. The van der Waals surface area contributed by atoms with Crippen molar-refractivity contribution < 1.29 is 14.2 Å². The van der Waals surface area contributed by atoms with Gasteiger partial charge in [-0.1, -0.05) is 23.7 Å². The van der Waals surface area contributed by atoms with E-state index in [4.69, 9.17) is 16.3 Å². The lowest BCUT2D eigenvalue weighted by Gasteiger charge is -2.14. The van der Waals surface area contributed by atoms with Gasteiger partial charge in [-0.2, -0.15) is 0 Å². The van der Waals surface area contributed by atoms with Crippen molar-refractivity contribution in [3.8, 4) is 11.5 Å². The first-order valence-electron chi connectivity index (χ1n) is 7.52. The smallest absolute Gasteiger partial charge is 0.160 e. The van der Waals surface area contributed by atoms with Gasteiger partial charge in [-0.05, 0) is 55.2 Å². The number of ether oxygens (including phenoxy) is 1. The predicted octanol–water partition coefficient (Wildman–Crippen LogP) is 4.30. The van der Waals surface area contributed by atoms with E-state index in [1.54, 1.807) is 18.2 Å². The van der Waals surface area contributed by atoms with Crippen molar-refractivity contribution in [2.75, 3.05) is 7.11 Å². The minimum Gasteiger partial charge on any atom is -0.504 e. The molecule has 1 atom stereocenters. The Balaban J connectivity index is 1.83. The third-order valence-electron chi connectivity index (χ3n) is 3.75. The Kier molecular flexibility index (Phi) is 6.25. The molecule has 0 saturated carbocycles. The molecule has 2 N–H and O–H groups in total. The average Bonchev–Trinajstić information content (AvgIpc) is 2.55. The van der Waals surface area contributed by atoms with Crippen LogP contribution in [-0.2, 0) is 13.0 Å². The first kappa shape index (κ1) is 17.6. The van der Waals surface area contributed by atoms with Crippen molar-refractivity contribution in [3.63, 3.8) is 0 Å². The van der Waals surface area contributed by atoms with Crippen LogP contribution in [0.15, 0.2) is 36.4 Å². The second kappa shape index (κ2) is 8.18. The zero-order valence-electron chi connectivity index (χ0n) is 13.3. The van der Waals surface area contributed by atoms with E-state index in [9.17, 15) is 9.50 Å². The molecule has 0 aliphatic rings. The van der Waals surface area contributed by atoms with Gasteiger partial charge in [-0.25, -0.2) is 4.39 Å². The van der Waals surface area contributed by atoms with Crippen molar-refractivity contribution in [1.82, 2.24) is 5.32 Å². The molecule has 2 aromatic carbocycles. The quantitative estimate of drug-likeness (QED) is 0.791. The molecule has 2 aromatic rings. The van der Waals surface area contributed by atoms with E-state index in [1.807, 2.05) is 12.1 Å². The van der Waals surface area contributed by atoms with E-state index >= 15 is 0 Å². The van der Waals surface area contributed by atoms with Crippen molar-refractivity contribution in [1.29, 1.82) is 0 Å². The maximum Gasteiger partial charge on any atom is 0.160 e. The number of phenols is 1. The molecule has 124 valence electrons. The van der Waals surface area contributed by atoms with Crippen LogP contribution in [0.3, 0.4) is 0 Å². The van der Waals surface area contributed by atoms with Crippen LogP contribution in [0.4, 0.5) is 4.39 Å². The number of aryl methyl sites for hydroxylation is 1. The third kappa shape index (κ3) is 5.12. The van der Waals surface area contributed by atoms with Gasteiger partial charge in [-0.15, -0.1) is 0 Å². The number of methoxy groups -OCH3 is 1. The average molecular weight is 338 g/mol. The van der Waals surface area contributed by atoms with E-state index < -0.39 is 5.82 Å². The molecular weight excluding hydrogens is 317 g/mol. The van der Waals surface area contributed by atoms with Gasteiger partial charge in [0.05, 0.1) is 12.1 Å². The van der Waals surface area contributed by atoms with Crippen molar-refractivity contribution >= 4 is 11.6 Å². The third-order valence-corrected chi connectivity index (χ3v) is 4.04. The lowest BCUT2D eigenvalue weighted by molar-refractivity contribution is 0.372. The van der Waals surface area contributed by atoms with E-state index in [0.29, 0.717) is 18.3 Å². The fraction of sp³-hybridized carbons (Fsp3) is 0.333. The fourth-order valence-electron chi connectivity index (χ4n) is 2.30. The lowest BCUT2D eigenvalue weighted by atomic mass is 10.1. The molecule has 0 aromatic heterocycles. The highest BCUT2D eigenvalue weighted by atomic mass is 35.5. The van der Waals surface area contributed by atoms with Gasteiger partial charge in [0.15, 0.2) is 11.5 Å². The Morgan fingerprint density at radius 2 is 1.96 bits per heavy atom.